The minimum Gasteiger partial charge on any atom is -0.398 e. The molecule has 19 heavy (non-hydrogen) atoms. The van der Waals surface area contributed by atoms with Gasteiger partial charge in [-0.1, -0.05) is 15.9 Å². The lowest BCUT2D eigenvalue weighted by molar-refractivity contribution is 0.0748. The van der Waals surface area contributed by atoms with Crippen molar-refractivity contribution in [3.05, 3.63) is 28.2 Å². The summed E-state index contributed by atoms with van der Waals surface area (Å²) in [6, 6.07) is 4.79. The molecule has 7 heteroatoms. The molecule has 2 N–H and O–H groups in total. The molecule has 1 aromatic rings. The van der Waals surface area contributed by atoms with E-state index in [0.29, 0.717) is 17.7 Å². The predicted octanol–water partition coefficient (Wildman–Crippen LogP) is 1.29. The standard InChI is InChI=1S/C12H15BrN2O3S/c1-15(9-4-5-19(17,18)7-9)12(16)10-6-8(13)2-3-11(10)14/h2-3,6,9H,4-5,7,14H2,1H3. The van der Waals surface area contributed by atoms with Crippen LogP contribution in [0.15, 0.2) is 22.7 Å². The molecule has 1 atom stereocenters. The van der Waals surface area contributed by atoms with E-state index in [1.165, 1.54) is 4.90 Å². The Kier molecular flexibility index (Phi) is 3.87. The minimum atomic E-state index is -3.01. The molecule has 1 aromatic carbocycles. The molecule has 1 fully saturated rings. The van der Waals surface area contributed by atoms with E-state index in [2.05, 4.69) is 15.9 Å². The largest absolute Gasteiger partial charge is 0.398 e. The van der Waals surface area contributed by atoms with Gasteiger partial charge in [0, 0.05) is 23.2 Å². The minimum absolute atomic E-state index is 0.0309. The topological polar surface area (TPSA) is 80.5 Å². The van der Waals surface area contributed by atoms with Crippen molar-refractivity contribution in [1.29, 1.82) is 0 Å². The van der Waals surface area contributed by atoms with Gasteiger partial charge in [-0.05, 0) is 24.6 Å². The highest BCUT2D eigenvalue weighted by atomic mass is 79.9. The van der Waals surface area contributed by atoms with Crippen LogP contribution in [-0.2, 0) is 9.84 Å². The van der Waals surface area contributed by atoms with E-state index in [1.54, 1.807) is 25.2 Å². The molecule has 2 rings (SSSR count). The first kappa shape index (κ1) is 14.3. The van der Waals surface area contributed by atoms with Gasteiger partial charge in [-0.3, -0.25) is 4.79 Å². The highest BCUT2D eigenvalue weighted by Gasteiger charge is 2.33. The second-order valence-corrected chi connectivity index (χ2v) is 7.85. The van der Waals surface area contributed by atoms with Crippen molar-refractivity contribution in [3.63, 3.8) is 0 Å². The van der Waals surface area contributed by atoms with Crippen molar-refractivity contribution in [2.24, 2.45) is 0 Å². The van der Waals surface area contributed by atoms with Crippen LogP contribution in [-0.4, -0.2) is 43.8 Å². The fourth-order valence-corrected chi connectivity index (χ4v) is 4.29. The Morgan fingerprint density at radius 2 is 2.16 bits per heavy atom. The van der Waals surface area contributed by atoms with Crippen molar-refractivity contribution in [3.8, 4) is 0 Å². The van der Waals surface area contributed by atoms with E-state index in [4.69, 9.17) is 5.73 Å². The van der Waals surface area contributed by atoms with E-state index >= 15 is 0 Å². The average Bonchev–Trinajstić information content (AvgIpc) is 2.71. The fourth-order valence-electron chi connectivity index (χ4n) is 2.15. The molecule has 1 unspecified atom stereocenters. The Hall–Kier alpha value is -1.08. The number of halogens is 1. The number of benzene rings is 1. The zero-order valence-corrected chi connectivity index (χ0v) is 12.9. The first-order valence-electron chi connectivity index (χ1n) is 5.83. The number of hydrogen-bond donors (Lipinski definition) is 1. The summed E-state index contributed by atoms with van der Waals surface area (Å²) in [5.41, 5.74) is 6.57. The van der Waals surface area contributed by atoms with Gasteiger partial charge in [0.25, 0.3) is 5.91 Å². The Morgan fingerprint density at radius 3 is 2.74 bits per heavy atom. The lowest BCUT2D eigenvalue weighted by Crippen LogP contribution is -2.38. The molecule has 1 amide bonds. The lowest BCUT2D eigenvalue weighted by Gasteiger charge is -2.24. The maximum absolute atomic E-state index is 12.3. The maximum Gasteiger partial charge on any atom is 0.256 e. The van der Waals surface area contributed by atoms with Crippen LogP contribution in [0.4, 0.5) is 5.69 Å². The SMILES string of the molecule is CN(C(=O)c1cc(Br)ccc1N)C1CCS(=O)(=O)C1. The third kappa shape index (κ3) is 3.09. The number of sulfone groups is 1. The van der Waals surface area contributed by atoms with Crippen molar-refractivity contribution in [2.75, 3.05) is 24.3 Å². The van der Waals surface area contributed by atoms with Crippen molar-refractivity contribution in [1.82, 2.24) is 4.90 Å². The zero-order valence-electron chi connectivity index (χ0n) is 10.5. The number of carbonyl (C=O) groups excluding carboxylic acids is 1. The van der Waals surface area contributed by atoms with Gasteiger partial charge in [-0.2, -0.15) is 0 Å². The highest BCUT2D eigenvalue weighted by molar-refractivity contribution is 9.10. The van der Waals surface area contributed by atoms with Gasteiger partial charge in [0.05, 0.1) is 17.1 Å². The second kappa shape index (κ2) is 5.13. The summed E-state index contributed by atoms with van der Waals surface area (Å²) in [7, 11) is -1.39. The number of rotatable bonds is 2. The van der Waals surface area contributed by atoms with Crippen molar-refractivity contribution < 1.29 is 13.2 Å². The van der Waals surface area contributed by atoms with Crippen LogP contribution >= 0.6 is 15.9 Å². The number of nitrogens with zero attached hydrogens (tertiary/aromatic N) is 1. The molecule has 1 aliphatic rings. The van der Waals surface area contributed by atoms with Crippen molar-refractivity contribution in [2.45, 2.75) is 12.5 Å². The number of hydrogen-bond acceptors (Lipinski definition) is 4. The lowest BCUT2D eigenvalue weighted by atomic mass is 10.1. The molecule has 0 bridgehead atoms. The molecule has 104 valence electrons. The highest BCUT2D eigenvalue weighted by Crippen LogP contribution is 2.23. The number of carbonyl (C=O) groups is 1. The molecular weight excluding hydrogens is 332 g/mol. The first-order chi connectivity index (χ1) is 8.80. The van der Waals surface area contributed by atoms with Crippen LogP contribution in [0, 0.1) is 0 Å². The summed E-state index contributed by atoms with van der Waals surface area (Å²) < 4.78 is 23.7. The smallest absolute Gasteiger partial charge is 0.256 e. The number of anilines is 1. The van der Waals surface area contributed by atoms with E-state index < -0.39 is 9.84 Å². The Bertz CT molecular complexity index is 615. The third-order valence-electron chi connectivity index (χ3n) is 3.32. The summed E-state index contributed by atoms with van der Waals surface area (Å²) in [4.78, 5) is 13.8. The van der Waals surface area contributed by atoms with Crippen LogP contribution in [0.2, 0.25) is 0 Å². The number of amides is 1. The normalized spacial score (nSPS) is 21.3. The quantitative estimate of drug-likeness (QED) is 0.818. The van der Waals surface area contributed by atoms with Gasteiger partial charge in [-0.15, -0.1) is 0 Å². The zero-order chi connectivity index (χ0) is 14.2. The first-order valence-corrected chi connectivity index (χ1v) is 8.44. The van der Waals surface area contributed by atoms with Gasteiger partial charge in [0.2, 0.25) is 0 Å². The van der Waals surface area contributed by atoms with Crippen LogP contribution in [0.3, 0.4) is 0 Å². The molecule has 1 aliphatic heterocycles. The number of nitrogens with two attached hydrogens (primary N) is 1. The van der Waals surface area contributed by atoms with Crippen LogP contribution in [0.25, 0.3) is 0 Å². The summed E-state index contributed by atoms with van der Waals surface area (Å²) in [5, 5.41) is 0. The van der Waals surface area contributed by atoms with Crippen LogP contribution in [0.1, 0.15) is 16.8 Å². The van der Waals surface area contributed by atoms with Crippen LogP contribution in [0.5, 0.6) is 0 Å². The van der Waals surface area contributed by atoms with E-state index in [0.717, 1.165) is 4.47 Å². The molecule has 5 nitrogen and oxygen atoms in total. The van der Waals surface area contributed by atoms with E-state index in [1.807, 2.05) is 0 Å². The molecule has 1 heterocycles. The third-order valence-corrected chi connectivity index (χ3v) is 5.57. The van der Waals surface area contributed by atoms with Crippen molar-refractivity contribution >= 4 is 37.4 Å². The summed E-state index contributed by atoms with van der Waals surface area (Å²) in [6.07, 6.45) is 0.485. The number of nitrogen functional groups attached to an aromatic ring is 1. The summed E-state index contributed by atoms with van der Waals surface area (Å²) >= 11 is 3.29. The Morgan fingerprint density at radius 1 is 1.47 bits per heavy atom. The second-order valence-electron chi connectivity index (χ2n) is 4.70. The molecule has 0 aromatic heterocycles. The predicted molar refractivity (Wildman–Crippen MR) is 77.7 cm³/mol. The molecule has 0 spiro atoms. The molecule has 1 saturated heterocycles. The molecule has 0 radical (unpaired) electrons. The Balaban J connectivity index is 2.22. The van der Waals surface area contributed by atoms with E-state index in [-0.39, 0.29) is 23.5 Å². The molecular formula is C12H15BrN2O3S. The summed E-state index contributed by atoms with van der Waals surface area (Å²) in [5.74, 6) is -0.0761. The molecule has 0 aliphatic carbocycles. The fraction of sp³-hybridized carbons (Fsp3) is 0.417. The van der Waals surface area contributed by atoms with Gasteiger partial charge in [0.1, 0.15) is 0 Å². The Labute approximate surface area is 120 Å². The monoisotopic (exact) mass is 346 g/mol. The average molecular weight is 347 g/mol. The maximum atomic E-state index is 12.3. The van der Waals surface area contributed by atoms with Gasteiger partial charge in [0.15, 0.2) is 9.84 Å². The van der Waals surface area contributed by atoms with Crippen LogP contribution < -0.4 is 5.73 Å². The van der Waals surface area contributed by atoms with Gasteiger partial charge < -0.3 is 10.6 Å². The molecule has 0 saturated carbocycles. The summed E-state index contributed by atoms with van der Waals surface area (Å²) in [6.45, 7) is 0. The van der Waals surface area contributed by atoms with Gasteiger partial charge >= 0.3 is 0 Å². The van der Waals surface area contributed by atoms with Gasteiger partial charge in [-0.25, -0.2) is 8.42 Å². The van der Waals surface area contributed by atoms with E-state index in [9.17, 15) is 13.2 Å².